The SMILES string of the molecule is CCCCCC1CCC(C2CCC(O)(c3ccc(C)cc3C)CC2)CC1. The fourth-order valence-corrected chi connectivity index (χ4v) is 5.83. The lowest BCUT2D eigenvalue weighted by Crippen LogP contribution is -2.35. The summed E-state index contributed by atoms with van der Waals surface area (Å²) in [6, 6.07) is 6.55. The van der Waals surface area contributed by atoms with Crippen LogP contribution in [0.2, 0.25) is 0 Å². The lowest BCUT2D eigenvalue weighted by atomic mass is 9.66. The molecular formula is C25H40O. The van der Waals surface area contributed by atoms with Crippen LogP contribution in [0.15, 0.2) is 18.2 Å². The molecule has 0 heterocycles. The molecule has 0 atom stereocenters. The van der Waals surface area contributed by atoms with Gasteiger partial charge < -0.3 is 5.11 Å². The summed E-state index contributed by atoms with van der Waals surface area (Å²) in [6.45, 7) is 6.60. The van der Waals surface area contributed by atoms with Gasteiger partial charge in [0.05, 0.1) is 5.60 Å². The number of benzene rings is 1. The molecular weight excluding hydrogens is 316 g/mol. The first-order valence-electron chi connectivity index (χ1n) is 11.3. The molecule has 0 bridgehead atoms. The van der Waals surface area contributed by atoms with Gasteiger partial charge >= 0.3 is 0 Å². The van der Waals surface area contributed by atoms with E-state index in [1.54, 1.807) is 0 Å². The Morgan fingerprint density at radius 1 is 0.923 bits per heavy atom. The molecule has 2 saturated carbocycles. The van der Waals surface area contributed by atoms with Gasteiger partial charge in [0.1, 0.15) is 0 Å². The molecule has 3 rings (SSSR count). The Morgan fingerprint density at radius 2 is 1.58 bits per heavy atom. The first-order chi connectivity index (χ1) is 12.5. The minimum absolute atomic E-state index is 0.578. The topological polar surface area (TPSA) is 20.2 Å². The second-order valence-corrected chi connectivity index (χ2v) is 9.46. The average Bonchev–Trinajstić information content (AvgIpc) is 2.63. The van der Waals surface area contributed by atoms with Crippen LogP contribution in [0.3, 0.4) is 0 Å². The van der Waals surface area contributed by atoms with E-state index in [4.69, 9.17) is 0 Å². The van der Waals surface area contributed by atoms with Crippen LogP contribution in [0, 0.1) is 31.6 Å². The van der Waals surface area contributed by atoms with Crippen molar-refractivity contribution in [2.45, 2.75) is 103 Å². The zero-order valence-electron chi connectivity index (χ0n) is 17.4. The molecule has 1 heteroatoms. The van der Waals surface area contributed by atoms with Gasteiger partial charge in [-0.2, -0.15) is 0 Å². The molecule has 146 valence electrons. The summed E-state index contributed by atoms with van der Waals surface area (Å²) in [5.41, 5.74) is 3.16. The normalized spacial score (nSPS) is 32.5. The van der Waals surface area contributed by atoms with Crippen molar-refractivity contribution < 1.29 is 5.11 Å². The number of aliphatic hydroxyl groups is 1. The van der Waals surface area contributed by atoms with Crippen LogP contribution in [0.4, 0.5) is 0 Å². The quantitative estimate of drug-likeness (QED) is 0.540. The maximum atomic E-state index is 11.3. The zero-order chi connectivity index (χ0) is 18.6. The molecule has 1 N–H and O–H groups in total. The molecule has 0 spiro atoms. The van der Waals surface area contributed by atoms with Gasteiger partial charge in [0, 0.05) is 0 Å². The highest BCUT2D eigenvalue weighted by Gasteiger charge is 2.38. The molecule has 0 aliphatic heterocycles. The first kappa shape index (κ1) is 19.9. The van der Waals surface area contributed by atoms with Crippen LogP contribution >= 0.6 is 0 Å². The Morgan fingerprint density at radius 3 is 2.19 bits per heavy atom. The zero-order valence-corrected chi connectivity index (χ0v) is 17.4. The molecule has 1 aromatic rings. The highest BCUT2D eigenvalue weighted by molar-refractivity contribution is 5.35. The predicted octanol–water partition coefficient (Wildman–Crippen LogP) is 7.07. The fourth-order valence-electron chi connectivity index (χ4n) is 5.83. The summed E-state index contributed by atoms with van der Waals surface area (Å²) >= 11 is 0. The van der Waals surface area contributed by atoms with E-state index in [0.29, 0.717) is 0 Å². The number of rotatable bonds is 6. The van der Waals surface area contributed by atoms with E-state index in [0.717, 1.165) is 30.6 Å². The lowest BCUT2D eigenvalue weighted by Gasteiger charge is -2.42. The number of hydrogen-bond acceptors (Lipinski definition) is 1. The van der Waals surface area contributed by atoms with Crippen molar-refractivity contribution in [1.29, 1.82) is 0 Å². The molecule has 0 aromatic heterocycles. The van der Waals surface area contributed by atoms with E-state index >= 15 is 0 Å². The van der Waals surface area contributed by atoms with Gasteiger partial charge in [-0.05, 0) is 81.3 Å². The first-order valence-corrected chi connectivity index (χ1v) is 11.3. The fraction of sp³-hybridized carbons (Fsp3) is 0.760. The third-order valence-corrected chi connectivity index (χ3v) is 7.51. The molecule has 0 radical (unpaired) electrons. The van der Waals surface area contributed by atoms with E-state index < -0.39 is 5.60 Å². The van der Waals surface area contributed by atoms with Crippen LogP contribution in [0.25, 0.3) is 0 Å². The summed E-state index contributed by atoms with van der Waals surface area (Å²) in [5.74, 6) is 2.80. The van der Waals surface area contributed by atoms with Crippen molar-refractivity contribution in [3.05, 3.63) is 34.9 Å². The minimum Gasteiger partial charge on any atom is -0.385 e. The summed E-state index contributed by atoms with van der Waals surface area (Å²) in [6.07, 6.45) is 15.8. The van der Waals surface area contributed by atoms with Crippen molar-refractivity contribution in [2.75, 3.05) is 0 Å². The van der Waals surface area contributed by atoms with Gasteiger partial charge in [-0.25, -0.2) is 0 Å². The standard InChI is InChI=1S/C25H40O/c1-4-5-6-7-21-9-11-22(12-10-21)23-14-16-25(26,17-15-23)24-13-8-19(2)18-20(24)3/h8,13,18,21-23,26H,4-7,9-12,14-17H2,1-3H3. The van der Waals surface area contributed by atoms with E-state index in [-0.39, 0.29) is 0 Å². The van der Waals surface area contributed by atoms with Gasteiger partial charge in [0.25, 0.3) is 0 Å². The highest BCUT2D eigenvalue weighted by atomic mass is 16.3. The Bertz CT molecular complexity index is 560. The van der Waals surface area contributed by atoms with Gasteiger partial charge in [0.15, 0.2) is 0 Å². The van der Waals surface area contributed by atoms with Crippen LogP contribution < -0.4 is 0 Å². The predicted molar refractivity (Wildman–Crippen MR) is 111 cm³/mol. The van der Waals surface area contributed by atoms with Gasteiger partial charge in [-0.15, -0.1) is 0 Å². The highest BCUT2D eigenvalue weighted by Crippen LogP contribution is 2.46. The van der Waals surface area contributed by atoms with Crippen LogP contribution in [0.1, 0.15) is 101 Å². The molecule has 2 aliphatic carbocycles. The molecule has 0 saturated heterocycles. The van der Waals surface area contributed by atoms with Crippen LogP contribution in [-0.4, -0.2) is 5.11 Å². The van der Waals surface area contributed by atoms with Crippen LogP contribution in [-0.2, 0) is 5.60 Å². The van der Waals surface area contributed by atoms with Crippen molar-refractivity contribution in [3.63, 3.8) is 0 Å². The Labute approximate surface area is 161 Å². The molecule has 2 fully saturated rings. The molecule has 1 aromatic carbocycles. The third-order valence-electron chi connectivity index (χ3n) is 7.51. The molecule has 0 unspecified atom stereocenters. The van der Waals surface area contributed by atoms with Crippen molar-refractivity contribution in [2.24, 2.45) is 17.8 Å². The Hall–Kier alpha value is -0.820. The van der Waals surface area contributed by atoms with Crippen molar-refractivity contribution >= 4 is 0 Å². The second-order valence-electron chi connectivity index (χ2n) is 9.46. The summed E-state index contributed by atoms with van der Waals surface area (Å²) in [5, 5.41) is 11.3. The molecule has 0 amide bonds. The summed E-state index contributed by atoms with van der Waals surface area (Å²) in [4.78, 5) is 0. The lowest BCUT2D eigenvalue weighted by molar-refractivity contribution is -0.0265. The monoisotopic (exact) mass is 356 g/mol. The second kappa shape index (κ2) is 8.91. The smallest absolute Gasteiger partial charge is 0.0899 e. The van der Waals surface area contributed by atoms with Crippen LogP contribution in [0.5, 0.6) is 0 Å². The number of aryl methyl sites for hydroxylation is 2. The van der Waals surface area contributed by atoms with Crippen molar-refractivity contribution in [3.8, 4) is 0 Å². The summed E-state index contributed by atoms with van der Waals surface area (Å²) < 4.78 is 0. The van der Waals surface area contributed by atoms with E-state index in [1.807, 2.05) is 0 Å². The van der Waals surface area contributed by atoms with Gasteiger partial charge in [-0.3, -0.25) is 0 Å². The van der Waals surface area contributed by atoms with E-state index in [2.05, 4.69) is 39.0 Å². The Kier molecular flexibility index (Phi) is 6.83. The largest absolute Gasteiger partial charge is 0.385 e. The molecule has 26 heavy (non-hydrogen) atoms. The van der Waals surface area contributed by atoms with E-state index in [9.17, 15) is 5.11 Å². The minimum atomic E-state index is -0.578. The van der Waals surface area contributed by atoms with Gasteiger partial charge in [0.2, 0.25) is 0 Å². The third kappa shape index (κ3) is 4.71. The summed E-state index contributed by atoms with van der Waals surface area (Å²) in [7, 11) is 0. The number of hydrogen-bond donors (Lipinski definition) is 1. The maximum Gasteiger partial charge on any atom is 0.0899 e. The Balaban J connectivity index is 1.49. The van der Waals surface area contributed by atoms with Gasteiger partial charge in [-0.1, -0.05) is 69.2 Å². The molecule has 2 aliphatic rings. The average molecular weight is 357 g/mol. The molecule has 1 nitrogen and oxygen atoms in total. The number of unbranched alkanes of at least 4 members (excludes halogenated alkanes) is 2. The maximum absolute atomic E-state index is 11.3. The van der Waals surface area contributed by atoms with E-state index in [1.165, 1.54) is 80.9 Å². The van der Waals surface area contributed by atoms with Crippen molar-refractivity contribution in [1.82, 2.24) is 0 Å².